The molecule has 2 aromatic carbocycles. The van der Waals surface area contributed by atoms with Crippen LogP contribution in [-0.4, -0.2) is 45.5 Å². The second-order valence-electron chi connectivity index (χ2n) is 8.82. The number of hydrogen-bond acceptors (Lipinski definition) is 6. The van der Waals surface area contributed by atoms with Crippen molar-refractivity contribution in [3.63, 3.8) is 0 Å². The van der Waals surface area contributed by atoms with Crippen LogP contribution in [0.5, 0.6) is 11.5 Å². The van der Waals surface area contributed by atoms with Crippen LogP contribution in [0.4, 0.5) is 0 Å². The lowest BCUT2D eigenvalue weighted by atomic mass is 9.89. The Kier molecular flexibility index (Phi) is 4.79. The lowest BCUT2D eigenvalue weighted by Gasteiger charge is -2.25. The van der Waals surface area contributed by atoms with Crippen LogP contribution in [-0.2, 0) is 26.1 Å². The van der Waals surface area contributed by atoms with E-state index in [2.05, 4.69) is 32.5 Å². The Morgan fingerprint density at radius 1 is 0.969 bits per heavy atom. The Labute approximate surface area is 186 Å². The largest absolute Gasteiger partial charge is 0.454 e. The molecule has 1 amide bonds. The van der Waals surface area contributed by atoms with Gasteiger partial charge < -0.3 is 19.4 Å². The maximum Gasteiger partial charge on any atom is 0.289 e. The molecule has 6 rings (SSSR count). The number of ether oxygens (including phenoxy) is 2. The molecule has 0 spiro atoms. The number of nitrogens with zero attached hydrogens (tertiary/aromatic N) is 4. The highest BCUT2D eigenvalue weighted by Gasteiger charge is 2.39. The second kappa shape index (κ2) is 7.94. The molecule has 0 unspecified atom stereocenters. The summed E-state index contributed by atoms with van der Waals surface area (Å²) in [5, 5.41) is 11.5. The number of likely N-dealkylation sites (tertiary alicyclic amines) is 1. The molecule has 2 atom stereocenters. The van der Waals surface area contributed by atoms with Crippen LogP contribution in [0.15, 0.2) is 48.5 Å². The van der Waals surface area contributed by atoms with E-state index < -0.39 is 0 Å². The second-order valence-corrected chi connectivity index (χ2v) is 8.82. The maximum atomic E-state index is 12.8. The quantitative estimate of drug-likeness (QED) is 0.667. The Bertz CT molecular complexity index is 1150. The minimum Gasteiger partial charge on any atom is -0.454 e. The van der Waals surface area contributed by atoms with E-state index in [1.807, 2.05) is 41.0 Å². The first-order chi connectivity index (χ1) is 15.7. The SMILES string of the molecule is O=C(NCc1ccccc1)c1nnc2n1C[C@H]1CN(Cc3ccc4c(c3)OCO4)C[C@@H]1C2. The molecule has 0 saturated carbocycles. The van der Waals surface area contributed by atoms with E-state index in [1.54, 1.807) is 0 Å². The van der Waals surface area contributed by atoms with Crippen LogP contribution in [0.25, 0.3) is 0 Å². The minimum absolute atomic E-state index is 0.165. The standard InChI is InChI=1S/C24H25N5O3/c30-24(25-10-16-4-2-1-3-5-16)23-27-26-22-9-18-12-28(13-19(18)14-29(22)23)11-17-6-7-20-21(8-17)32-15-31-20/h1-8,18-19H,9-15H2,(H,25,30)/t18-,19+/m0/s1. The first-order valence-electron chi connectivity index (χ1n) is 11.1. The topological polar surface area (TPSA) is 81.5 Å². The average Bonchev–Trinajstić information content (AvgIpc) is 3.53. The summed E-state index contributed by atoms with van der Waals surface area (Å²) in [7, 11) is 0. The van der Waals surface area contributed by atoms with E-state index in [1.165, 1.54) is 5.56 Å². The van der Waals surface area contributed by atoms with Gasteiger partial charge in [-0.05, 0) is 35.1 Å². The molecular formula is C24H25N5O3. The number of benzene rings is 2. The van der Waals surface area contributed by atoms with Gasteiger partial charge in [-0.2, -0.15) is 0 Å². The van der Waals surface area contributed by atoms with Crippen LogP contribution < -0.4 is 14.8 Å². The Morgan fingerprint density at radius 2 is 1.81 bits per heavy atom. The third kappa shape index (κ3) is 3.60. The zero-order valence-corrected chi connectivity index (χ0v) is 17.7. The number of fused-ring (bicyclic) bond motifs is 3. The summed E-state index contributed by atoms with van der Waals surface area (Å²) in [6.45, 7) is 4.49. The number of rotatable bonds is 5. The number of carbonyl (C=O) groups excluding carboxylic acids is 1. The van der Waals surface area contributed by atoms with Crippen molar-refractivity contribution in [2.24, 2.45) is 11.8 Å². The Morgan fingerprint density at radius 3 is 2.72 bits per heavy atom. The number of nitrogens with one attached hydrogen (secondary N) is 1. The zero-order chi connectivity index (χ0) is 21.5. The van der Waals surface area contributed by atoms with Gasteiger partial charge in [-0.15, -0.1) is 10.2 Å². The molecule has 3 aliphatic rings. The van der Waals surface area contributed by atoms with Crippen LogP contribution in [0.3, 0.4) is 0 Å². The summed E-state index contributed by atoms with van der Waals surface area (Å²) in [4.78, 5) is 15.3. The van der Waals surface area contributed by atoms with Gasteiger partial charge in [0.1, 0.15) is 5.82 Å². The van der Waals surface area contributed by atoms with E-state index in [0.717, 1.165) is 55.5 Å². The molecule has 1 aromatic heterocycles. The molecule has 164 valence electrons. The summed E-state index contributed by atoms with van der Waals surface area (Å²) < 4.78 is 13.0. The van der Waals surface area contributed by atoms with Crippen LogP contribution in [0, 0.1) is 11.8 Å². The number of carbonyl (C=O) groups is 1. The van der Waals surface area contributed by atoms with Gasteiger partial charge in [-0.25, -0.2) is 0 Å². The van der Waals surface area contributed by atoms with Crippen molar-refractivity contribution in [3.05, 3.63) is 71.3 Å². The lowest BCUT2D eigenvalue weighted by Crippen LogP contribution is -2.32. The first-order valence-corrected chi connectivity index (χ1v) is 11.1. The molecule has 8 nitrogen and oxygen atoms in total. The van der Waals surface area contributed by atoms with Crippen molar-refractivity contribution < 1.29 is 14.3 Å². The number of aromatic nitrogens is 3. The molecular weight excluding hydrogens is 406 g/mol. The molecule has 32 heavy (non-hydrogen) atoms. The third-order valence-corrected chi connectivity index (χ3v) is 6.68. The summed E-state index contributed by atoms with van der Waals surface area (Å²) in [5.41, 5.74) is 2.29. The van der Waals surface area contributed by atoms with Crippen LogP contribution in [0.1, 0.15) is 27.6 Å². The smallest absolute Gasteiger partial charge is 0.289 e. The summed E-state index contributed by atoms with van der Waals surface area (Å²) in [5.74, 6) is 3.86. The van der Waals surface area contributed by atoms with Gasteiger partial charge in [-0.3, -0.25) is 9.69 Å². The van der Waals surface area contributed by atoms with Crippen LogP contribution >= 0.6 is 0 Å². The predicted molar refractivity (Wildman–Crippen MR) is 116 cm³/mol. The van der Waals surface area contributed by atoms with Crippen molar-refractivity contribution in [2.45, 2.75) is 26.1 Å². The van der Waals surface area contributed by atoms with Crippen LogP contribution in [0.2, 0.25) is 0 Å². The molecule has 0 aliphatic carbocycles. The summed E-state index contributed by atoms with van der Waals surface area (Å²) in [6, 6.07) is 16.1. The van der Waals surface area contributed by atoms with Gasteiger partial charge >= 0.3 is 0 Å². The number of amides is 1. The lowest BCUT2D eigenvalue weighted by molar-refractivity contribution is 0.0932. The molecule has 8 heteroatoms. The fourth-order valence-corrected chi connectivity index (χ4v) is 5.07. The molecule has 0 radical (unpaired) electrons. The predicted octanol–water partition coefficient (Wildman–Crippen LogP) is 2.24. The minimum atomic E-state index is -0.165. The van der Waals surface area contributed by atoms with Gasteiger partial charge in [0.15, 0.2) is 11.5 Å². The number of hydrogen-bond donors (Lipinski definition) is 1. The van der Waals surface area contributed by atoms with Crippen molar-refractivity contribution in [1.29, 1.82) is 0 Å². The van der Waals surface area contributed by atoms with Crippen molar-refractivity contribution in [1.82, 2.24) is 25.0 Å². The molecule has 4 heterocycles. The summed E-state index contributed by atoms with van der Waals surface area (Å²) in [6.07, 6.45) is 0.862. The molecule has 3 aromatic rings. The van der Waals surface area contributed by atoms with E-state index in [9.17, 15) is 4.79 Å². The molecule has 1 saturated heterocycles. The van der Waals surface area contributed by atoms with Gasteiger partial charge in [0.2, 0.25) is 12.6 Å². The Hall–Kier alpha value is -3.39. The van der Waals surface area contributed by atoms with Gasteiger partial charge in [0.05, 0.1) is 0 Å². The van der Waals surface area contributed by atoms with Gasteiger partial charge in [0, 0.05) is 39.1 Å². The fourth-order valence-electron chi connectivity index (χ4n) is 5.07. The molecule has 1 fully saturated rings. The van der Waals surface area contributed by atoms with Crippen molar-refractivity contribution in [2.75, 3.05) is 19.9 Å². The monoisotopic (exact) mass is 431 g/mol. The van der Waals surface area contributed by atoms with Crippen molar-refractivity contribution >= 4 is 5.91 Å². The maximum absolute atomic E-state index is 12.8. The zero-order valence-electron chi connectivity index (χ0n) is 17.7. The van der Waals surface area contributed by atoms with E-state index in [4.69, 9.17) is 9.47 Å². The third-order valence-electron chi connectivity index (χ3n) is 6.68. The van der Waals surface area contributed by atoms with E-state index in [0.29, 0.717) is 31.0 Å². The summed E-state index contributed by atoms with van der Waals surface area (Å²) >= 11 is 0. The molecule has 0 bridgehead atoms. The molecule has 1 N–H and O–H groups in total. The highest BCUT2D eigenvalue weighted by Crippen LogP contribution is 2.36. The fraction of sp³-hybridized carbons (Fsp3) is 0.375. The van der Waals surface area contributed by atoms with Gasteiger partial charge in [-0.1, -0.05) is 36.4 Å². The molecule has 3 aliphatic heterocycles. The normalized spacial score (nSPS) is 21.2. The Balaban J connectivity index is 1.10. The highest BCUT2D eigenvalue weighted by atomic mass is 16.7. The average molecular weight is 431 g/mol. The van der Waals surface area contributed by atoms with E-state index in [-0.39, 0.29) is 5.91 Å². The van der Waals surface area contributed by atoms with Crippen molar-refractivity contribution in [3.8, 4) is 11.5 Å². The first kappa shape index (κ1) is 19.3. The highest BCUT2D eigenvalue weighted by molar-refractivity contribution is 5.90. The van der Waals surface area contributed by atoms with Gasteiger partial charge in [0.25, 0.3) is 5.91 Å². The van der Waals surface area contributed by atoms with E-state index >= 15 is 0 Å².